The fraction of sp³-hybridized carbons (Fsp3) is 0.231. The summed E-state index contributed by atoms with van der Waals surface area (Å²) in [5, 5.41) is 11.3. The van der Waals surface area contributed by atoms with Gasteiger partial charge in [-0.1, -0.05) is 5.57 Å². The lowest BCUT2D eigenvalue weighted by Crippen LogP contribution is -2.40. The predicted octanol–water partition coefficient (Wildman–Crippen LogP) is 1.97. The van der Waals surface area contributed by atoms with Crippen LogP contribution in [-0.4, -0.2) is 23.0 Å². The number of carbonyl (C=O) groups excluding carboxylic acids is 1. The van der Waals surface area contributed by atoms with Gasteiger partial charge >= 0.3 is 5.97 Å². The molecule has 0 aliphatic heterocycles. The molecule has 18 heavy (non-hydrogen) atoms. The minimum absolute atomic E-state index is 0.155. The molecule has 1 aromatic carbocycles. The summed E-state index contributed by atoms with van der Waals surface area (Å²) in [6.45, 7) is 5.29. The zero-order valence-corrected chi connectivity index (χ0v) is 9.94. The molecule has 2 N–H and O–H groups in total. The number of benzene rings is 1. The second kappa shape index (κ2) is 5.95. The third-order valence-corrected chi connectivity index (χ3v) is 2.26. The second-order valence-electron chi connectivity index (χ2n) is 4.03. The van der Waals surface area contributed by atoms with Crippen LogP contribution in [0.1, 0.15) is 23.7 Å². The molecule has 0 fully saturated rings. The van der Waals surface area contributed by atoms with Crippen molar-refractivity contribution in [2.75, 3.05) is 0 Å². The van der Waals surface area contributed by atoms with E-state index in [9.17, 15) is 14.0 Å². The lowest BCUT2D eigenvalue weighted by atomic mass is 10.1. The maximum Gasteiger partial charge on any atom is 0.326 e. The Morgan fingerprint density at radius 1 is 1.39 bits per heavy atom. The summed E-state index contributed by atoms with van der Waals surface area (Å²) >= 11 is 0. The van der Waals surface area contributed by atoms with Crippen LogP contribution >= 0.6 is 0 Å². The normalized spacial score (nSPS) is 11.7. The molecule has 0 radical (unpaired) electrons. The summed E-state index contributed by atoms with van der Waals surface area (Å²) in [7, 11) is 0. The van der Waals surface area contributed by atoms with E-state index in [2.05, 4.69) is 11.9 Å². The number of hydrogen-bond donors (Lipinski definition) is 2. The molecule has 0 aliphatic rings. The van der Waals surface area contributed by atoms with Crippen molar-refractivity contribution < 1.29 is 19.1 Å². The lowest BCUT2D eigenvalue weighted by Gasteiger charge is -2.14. The van der Waals surface area contributed by atoms with E-state index in [1.165, 1.54) is 12.1 Å². The van der Waals surface area contributed by atoms with E-state index in [-0.39, 0.29) is 12.0 Å². The first-order chi connectivity index (χ1) is 8.40. The quantitative estimate of drug-likeness (QED) is 0.786. The van der Waals surface area contributed by atoms with Gasteiger partial charge < -0.3 is 10.4 Å². The molecule has 0 saturated heterocycles. The summed E-state index contributed by atoms with van der Waals surface area (Å²) < 4.78 is 12.7. The van der Waals surface area contributed by atoms with Crippen LogP contribution in [-0.2, 0) is 4.79 Å². The Morgan fingerprint density at radius 3 is 2.39 bits per heavy atom. The molecule has 1 atom stereocenters. The molecule has 0 aliphatic carbocycles. The Kier molecular flexibility index (Phi) is 4.59. The Morgan fingerprint density at radius 2 is 1.94 bits per heavy atom. The van der Waals surface area contributed by atoms with Gasteiger partial charge in [0.25, 0.3) is 5.91 Å². The van der Waals surface area contributed by atoms with Gasteiger partial charge in [0.05, 0.1) is 0 Å². The fourth-order valence-electron chi connectivity index (χ4n) is 1.39. The summed E-state index contributed by atoms with van der Waals surface area (Å²) in [6, 6.07) is 3.85. The zero-order chi connectivity index (χ0) is 13.7. The Hall–Kier alpha value is -2.17. The number of hydrogen-bond acceptors (Lipinski definition) is 2. The van der Waals surface area contributed by atoms with E-state index in [4.69, 9.17) is 5.11 Å². The van der Waals surface area contributed by atoms with Gasteiger partial charge in [-0.15, -0.1) is 6.58 Å². The number of carbonyl (C=O) groups is 2. The maximum absolute atomic E-state index is 12.7. The van der Waals surface area contributed by atoms with E-state index in [1.54, 1.807) is 6.92 Å². The summed E-state index contributed by atoms with van der Waals surface area (Å²) in [4.78, 5) is 22.7. The molecule has 1 aromatic rings. The van der Waals surface area contributed by atoms with Crippen LogP contribution in [0.4, 0.5) is 4.39 Å². The van der Waals surface area contributed by atoms with Crippen molar-refractivity contribution in [1.82, 2.24) is 5.32 Å². The summed E-state index contributed by atoms with van der Waals surface area (Å²) in [5.41, 5.74) is 0.867. The Labute approximate surface area is 104 Å². The van der Waals surface area contributed by atoms with Crippen molar-refractivity contribution in [3.8, 4) is 0 Å². The molecule has 0 spiro atoms. The molecule has 0 aromatic heterocycles. The van der Waals surface area contributed by atoms with Crippen molar-refractivity contribution in [2.24, 2.45) is 0 Å². The maximum atomic E-state index is 12.7. The average molecular weight is 251 g/mol. The molecule has 0 saturated carbocycles. The highest BCUT2D eigenvalue weighted by molar-refractivity contribution is 5.96. The number of aliphatic carboxylic acids is 1. The highest BCUT2D eigenvalue weighted by atomic mass is 19.1. The smallest absolute Gasteiger partial charge is 0.326 e. The van der Waals surface area contributed by atoms with E-state index in [1.807, 2.05) is 0 Å². The zero-order valence-electron chi connectivity index (χ0n) is 9.94. The van der Waals surface area contributed by atoms with Gasteiger partial charge in [-0.05, 0) is 37.6 Å². The van der Waals surface area contributed by atoms with Crippen LogP contribution in [0.5, 0.6) is 0 Å². The Balaban J connectivity index is 2.75. The summed E-state index contributed by atoms with van der Waals surface area (Å²) in [6.07, 6.45) is 0.155. The largest absolute Gasteiger partial charge is 0.480 e. The number of rotatable bonds is 5. The minimum Gasteiger partial charge on any atom is -0.480 e. The first kappa shape index (κ1) is 13.9. The fourth-order valence-corrected chi connectivity index (χ4v) is 1.39. The molecule has 4 nitrogen and oxygen atoms in total. The number of amides is 1. The first-order valence-electron chi connectivity index (χ1n) is 5.33. The van der Waals surface area contributed by atoms with Crippen molar-refractivity contribution in [2.45, 2.75) is 19.4 Å². The van der Waals surface area contributed by atoms with Gasteiger partial charge in [0.2, 0.25) is 0 Å². The van der Waals surface area contributed by atoms with E-state index >= 15 is 0 Å². The van der Waals surface area contributed by atoms with Gasteiger partial charge in [0, 0.05) is 5.56 Å². The van der Waals surface area contributed by atoms with Crippen LogP contribution in [0.3, 0.4) is 0 Å². The second-order valence-corrected chi connectivity index (χ2v) is 4.03. The summed E-state index contributed by atoms with van der Waals surface area (Å²) in [5.74, 6) is -2.14. The molecular formula is C13H14FNO3. The predicted molar refractivity (Wildman–Crippen MR) is 64.7 cm³/mol. The van der Waals surface area contributed by atoms with Gasteiger partial charge in [0.15, 0.2) is 0 Å². The molecule has 0 heterocycles. The van der Waals surface area contributed by atoms with Crippen LogP contribution < -0.4 is 5.32 Å². The SMILES string of the molecule is C=C(C)C[C@H](NC(=O)c1ccc(F)cc1)C(=O)O. The topological polar surface area (TPSA) is 66.4 Å². The van der Waals surface area contributed by atoms with Crippen LogP contribution in [0, 0.1) is 5.82 Å². The molecule has 1 rings (SSSR count). The van der Waals surface area contributed by atoms with Crippen molar-refractivity contribution in [3.05, 3.63) is 47.8 Å². The Bertz CT molecular complexity index is 468. The van der Waals surface area contributed by atoms with Crippen LogP contribution in [0.15, 0.2) is 36.4 Å². The van der Waals surface area contributed by atoms with E-state index in [0.717, 1.165) is 12.1 Å². The van der Waals surface area contributed by atoms with Crippen molar-refractivity contribution in [1.29, 1.82) is 0 Å². The van der Waals surface area contributed by atoms with E-state index in [0.29, 0.717) is 5.57 Å². The minimum atomic E-state index is -1.13. The molecule has 1 amide bonds. The number of halogens is 1. The molecular weight excluding hydrogens is 237 g/mol. The third-order valence-electron chi connectivity index (χ3n) is 2.26. The lowest BCUT2D eigenvalue weighted by molar-refractivity contribution is -0.139. The van der Waals surface area contributed by atoms with Crippen LogP contribution in [0.2, 0.25) is 0 Å². The van der Waals surface area contributed by atoms with Gasteiger partial charge in [0.1, 0.15) is 11.9 Å². The number of nitrogens with one attached hydrogen (secondary N) is 1. The van der Waals surface area contributed by atoms with Crippen molar-refractivity contribution in [3.63, 3.8) is 0 Å². The third kappa shape index (κ3) is 4.01. The standard InChI is InChI=1S/C13H14FNO3/c1-8(2)7-11(13(17)18)15-12(16)9-3-5-10(14)6-4-9/h3-6,11H,1,7H2,2H3,(H,15,16)(H,17,18)/t11-/m0/s1. The highest BCUT2D eigenvalue weighted by Gasteiger charge is 2.20. The molecule has 0 bridgehead atoms. The molecule has 0 unspecified atom stereocenters. The number of carboxylic acid groups (broad SMARTS) is 1. The van der Waals surface area contributed by atoms with Gasteiger partial charge in [-0.3, -0.25) is 4.79 Å². The van der Waals surface area contributed by atoms with Gasteiger partial charge in [-0.25, -0.2) is 9.18 Å². The number of carboxylic acids is 1. The highest BCUT2D eigenvalue weighted by Crippen LogP contribution is 2.06. The van der Waals surface area contributed by atoms with Crippen LogP contribution in [0.25, 0.3) is 0 Å². The first-order valence-corrected chi connectivity index (χ1v) is 5.33. The van der Waals surface area contributed by atoms with Gasteiger partial charge in [-0.2, -0.15) is 0 Å². The average Bonchev–Trinajstić information content (AvgIpc) is 2.28. The van der Waals surface area contributed by atoms with E-state index < -0.39 is 23.7 Å². The van der Waals surface area contributed by atoms with Crippen molar-refractivity contribution >= 4 is 11.9 Å². The molecule has 5 heteroatoms. The monoisotopic (exact) mass is 251 g/mol. The molecule has 96 valence electrons.